The molecule has 1 aliphatic rings. The van der Waals surface area contributed by atoms with E-state index in [0.29, 0.717) is 11.4 Å². The van der Waals surface area contributed by atoms with Crippen molar-refractivity contribution >= 4 is 39.3 Å². The molecule has 0 fully saturated rings. The molecule has 0 radical (unpaired) electrons. The molecule has 2 aromatic rings. The van der Waals surface area contributed by atoms with Crippen molar-refractivity contribution in [1.82, 2.24) is 5.32 Å². The Morgan fingerprint density at radius 1 is 0.974 bits per heavy atom. The number of nitrogens with one attached hydrogen (secondary N) is 1. The van der Waals surface area contributed by atoms with Gasteiger partial charge in [-0.05, 0) is 66.8 Å². The van der Waals surface area contributed by atoms with Gasteiger partial charge in [0.25, 0.3) is 0 Å². The summed E-state index contributed by atoms with van der Waals surface area (Å²) in [7, 11) is 0. The predicted molar refractivity (Wildman–Crippen MR) is 154 cm³/mol. The first-order chi connectivity index (χ1) is 18.1. The zero-order chi connectivity index (χ0) is 27.9. The smallest absolute Gasteiger partial charge is 0.326 e. The first-order valence-corrected chi connectivity index (χ1v) is 13.8. The highest BCUT2D eigenvalue weighted by molar-refractivity contribution is 9.10. The SMILES string of the molecule is CCCCNC1(C(N)CCC)c2cc(Br)ccc2-c2ccc(/C(C/C(C)=N/OC(C)=O)=N/OC(C)=O)cc21. The van der Waals surface area contributed by atoms with Gasteiger partial charge in [-0.1, -0.05) is 71.1 Å². The van der Waals surface area contributed by atoms with Crippen LogP contribution in [0.25, 0.3) is 11.1 Å². The number of hydrogen-bond donors (Lipinski definition) is 2. The van der Waals surface area contributed by atoms with Crippen molar-refractivity contribution in [3.8, 4) is 11.1 Å². The van der Waals surface area contributed by atoms with Crippen LogP contribution in [0, 0.1) is 0 Å². The summed E-state index contributed by atoms with van der Waals surface area (Å²) in [5.41, 5.74) is 12.6. The van der Waals surface area contributed by atoms with Gasteiger partial charge in [0, 0.05) is 36.3 Å². The molecule has 2 unspecified atom stereocenters. The lowest BCUT2D eigenvalue weighted by Crippen LogP contribution is -2.55. The molecule has 3 rings (SSSR count). The van der Waals surface area contributed by atoms with Crippen LogP contribution < -0.4 is 11.1 Å². The maximum absolute atomic E-state index is 11.6. The standard InChI is InChI=1S/C29H37BrN4O4/c1-6-8-14-32-29(28(31)9-7-2)25-16-21(10-12-23(25)24-13-11-22(30)17-26(24)29)27(34-38-20(5)36)15-18(3)33-37-19(4)35/h10-13,16-17,28,32H,6-9,14-15,31H2,1-5H3/b33-18+,34-27+. The number of carbonyl (C=O) groups is 2. The number of oxime groups is 2. The van der Waals surface area contributed by atoms with Crippen LogP contribution in [0.1, 0.15) is 83.4 Å². The van der Waals surface area contributed by atoms with Crippen LogP contribution in [-0.2, 0) is 24.8 Å². The lowest BCUT2D eigenvalue weighted by Gasteiger charge is -2.39. The summed E-state index contributed by atoms with van der Waals surface area (Å²) < 4.78 is 0.990. The van der Waals surface area contributed by atoms with Crippen molar-refractivity contribution in [2.24, 2.45) is 16.0 Å². The molecule has 9 heteroatoms. The van der Waals surface area contributed by atoms with E-state index in [0.717, 1.165) is 64.5 Å². The molecule has 8 nitrogen and oxygen atoms in total. The molecular formula is C29H37BrN4O4. The van der Waals surface area contributed by atoms with E-state index in [1.807, 2.05) is 12.1 Å². The van der Waals surface area contributed by atoms with E-state index in [4.69, 9.17) is 15.4 Å². The van der Waals surface area contributed by atoms with Crippen LogP contribution in [0.3, 0.4) is 0 Å². The first kappa shape index (κ1) is 29.7. The Morgan fingerprint density at radius 2 is 1.61 bits per heavy atom. The Bertz CT molecular complexity index is 1240. The maximum atomic E-state index is 11.6. The van der Waals surface area contributed by atoms with Crippen LogP contribution in [-0.4, -0.2) is 35.9 Å². The van der Waals surface area contributed by atoms with E-state index in [9.17, 15) is 9.59 Å². The molecule has 2 atom stereocenters. The van der Waals surface area contributed by atoms with Crippen molar-refractivity contribution in [2.45, 2.75) is 78.3 Å². The van der Waals surface area contributed by atoms with Gasteiger partial charge in [0.15, 0.2) is 0 Å². The van der Waals surface area contributed by atoms with Gasteiger partial charge in [0.05, 0.1) is 17.0 Å². The number of carbonyl (C=O) groups excluding carboxylic acids is 2. The summed E-state index contributed by atoms with van der Waals surface area (Å²) in [6, 6.07) is 12.3. The third-order valence-electron chi connectivity index (χ3n) is 6.60. The highest BCUT2D eigenvalue weighted by Gasteiger charge is 2.47. The summed E-state index contributed by atoms with van der Waals surface area (Å²) in [6.07, 6.45) is 4.07. The van der Waals surface area contributed by atoms with Crippen LogP contribution in [0.15, 0.2) is 51.2 Å². The van der Waals surface area contributed by atoms with Crippen molar-refractivity contribution in [3.05, 3.63) is 57.6 Å². The monoisotopic (exact) mass is 584 g/mol. The van der Waals surface area contributed by atoms with Gasteiger partial charge in [-0.25, -0.2) is 9.59 Å². The Kier molecular flexibility index (Phi) is 10.4. The second kappa shape index (κ2) is 13.3. The van der Waals surface area contributed by atoms with Crippen molar-refractivity contribution in [1.29, 1.82) is 0 Å². The summed E-state index contributed by atoms with van der Waals surface area (Å²) in [5.74, 6) is -1.05. The largest absolute Gasteiger partial charge is 0.331 e. The summed E-state index contributed by atoms with van der Waals surface area (Å²) in [6.45, 7) is 9.43. The van der Waals surface area contributed by atoms with E-state index in [-0.39, 0.29) is 12.5 Å². The van der Waals surface area contributed by atoms with E-state index in [1.54, 1.807) is 6.92 Å². The highest BCUT2D eigenvalue weighted by atomic mass is 79.9. The third-order valence-corrected chi connectivity index (χ3v) is 7.10. The molecule has 0 amide bonds. The summed E-state index contributed by atoms with van der Waals surface area (Å²) in [5, 5.41) is 11.9. The normalized spacial score (nSPS) is 17.6. The number of unbranched alkanes of at least 4 members (excludes halogenated alkanes) is 1. The second-order valence-electron chi connectivity index (χ2n) is 9.64. The van der Waals surface area contributed by atoms with Crippen LogP contribution in [0.5, 0.6) is 0 Å². The number of nitrogens with two attached hydrogens (primary N) is 1. The number of nitrogens with zero attached hydrogens (tertiary/aromatic N) is 2. The number of fused-ring (bicyclic) bond motifs is 3. The summed E-state index contributed by atoms with van der Waals surface area (Å²) >= 11 is 3.67. The molecule has 38 heavy (non-hydrogen) atoms. The van der Waals surface area contributed by atoms with Gasteiger partial charge in [0.1, 0.15) is 0 Å². The fraction of sp³-hybridized carbons (Fsp3) is 0.448. The maximum Gasteiger partial charge on any atom is 0.331 e. The zero-order valence-electron chi connectivity index (χ0n) is 22.8. The van der Waals surface area contributed by atoms with Crippen molar-refractivity contribution in [2.75, 3.05) is 6.54 Å². The third kappa shape index (κ3) is 6.57. The molecule has 0 aromatic heterocycles. The zero-order valence-corrected chi connectivity index (χ0v) is 24.4. The van der Waals surface area contributed by atoms with Crippen LogP contribution in [0.4, 0.5) is 0 Å². The second-order valence-corrected chi connectivity index (χ2v) is 10.6. The minimum Gasteiger partial charge on any atom is -0.326 e. The minimum absolute atomic E-state index is 0.185. The Balaban J connectivity index is 2.20. The number of hydrogen-bond acceptors (Lipinski definition) is 8. The van der Waals surface area contributed by atoms with Gasteiger partial charge in [-0.15, -0.1) is 0 Å². The van der Waals surface area contributed by atoms with E-state index in [1.165, 1.54) is 13.8 Å². The van der Waals surface area contributed by atoms with Crippen LogP contribution >= 0.6 is 15.9 Å². The van der Waals surface area contributed by atoms with Crippen molar-refractivity contribution in [3.63, 3.8) is 0 Å². The van der Waals surface area contributed by atoms with Gasteiger partial charge >= 0.3 is 11.9 Å². The highest BCUT2D eigenvalue weighted by Crippen LogP contribution is 2.50. The van der Waals surface area contributed by atoms with Crippen molar-refractivity contribution < 1.29 is 19.3 Å². The number of halogens is 1. The van der Waals surface area contributed by atoms with E-state index in [2.05, 4.69) is 69.7 Å². The Hall–Kier alpha value is -2.88. The average molecular weight is 586 g/mol. The summed E-state index contributed by atoms with van der Waals surface area (Å²) in [4.78, 5) is 32.7. The average Bonchev–Trinajstić information content (AvgIpc) is 3.14. The Labute approximate surface area is 233 Å². The van der Waals surface area contributed by atoms with Gasteiger partial charge in [0.2, 0.25) is 0 Å². The number of rotatable bonds is 12. The van der Waals surface area contributed by atoms with Gasteiger partial charge in [-0.2, -0.15) is 0 Å². The van der Waals surface area contributed by atoms with E-state index < -0.39 is 17.5 Å². The first-order valence-electron chi connectivity index (χ1n) is 13.0. The lowest BCUT2D eigenvalue weighted by atomic mass is 9.78. The fourth-order valence-electron chi connectivity index (χ4n) is 4.94. The molecule has 204 valence electrons. The quantitative estimate of drug-likeness (QED) is 0.141. The lowest BCUT2D eigenvalue weighted by molar-refractivity contribution is -0.141. The minimum atomic E-state index is -0.608. The van der Waals surface area contributed by atoms with Crippen LogP contribution in [0.2, 0.25) is 0 Å². The molecule has 0 aliphatic heterocycles. The molecule has 1 aliphatic carbocycles. The molecule has 0 saturated heterocycles. The van der Waals surface area contributed by atoms with E-state index >= 15 is 0 Å². The molecule has 0 saturated carbocycles. The molecule has 0 spiro atoms. The molecular weight excluding hydrogens is 548 g/mol. The molecule has 0 heterocycles. The van der Waals surface area contributed by atoms with Gasteiger partial charge < -0.3 is 20.7 Å². The Morgan fingerprint density at radius 3 is 2.24 bits per heavy atom. The molecule has 0 bridgehead atoms. The molecule has 3 N–H and O–H groups in total. The topological polar surface area (TPSA) is 115 Å². The number of benzene rings is 2. The fourth-order valence-corrected chi connectivity index (χ4v) is 5.30. The van der Waals surface area contributed by atoms with Gasteiger partial charge in [-0.3, -0.25) is 0 Å². The predicted octanol–water partition coefficient (Wildman–Crippen LogP) is 5.79. The molecule has 2 aromatic carbocycles.